The summed E-state index contributed by atoms with van der Waals surface area (Å²) in [6.45, 7) is 1.92. The summed E-state index contributed by atoms with van der Waals surface area (Å²) in [7, 11) is 0. The third kappa shape index (κ3) is 5.52. The molecule has 0 spiro atoms. The number of anilines is 1. The van der Waals surface area contributed by atoms with Crippen molar-refractivity contribution in [2.45, 2.75) is 13.5 Å². The van der Waals surface area contributed by atoms with Crippen molar-refractivity contribution < 1.29 is 14.5 Å². The first-order valence-electron chi connectivity index (χ1n) is 10.9. The Labute approximate surface area is 212 Å². The largest absolute Gasteiger partial charge is 0.488 e. The molecule has 0 unspecified atom stereocenters. The molecule has 4 rings (SSSR count). The van der Waals surface area contributed by atoms with Crippen LogP contribution in [0.25, 0.3) is 16.8 Å². The lowest BCUT2D eigenvalue weighted by molar-refractivity contribution is -0.384. The zero-order valence-corrected chi connectivity index (χ0v) is 20.0. The van der Waals surface area contributed by atoms with Crippen molar-refractivity contribution >= 4 is 45.7 Å². The summed E-state index contributed by atoms with van der Waals surface area (Å²) in [6, 6.07) is 24.4. The van der Waals surface area contributed by atoms with Gasteiger partial charge < -0.3 is 10.1 Å². The zero-order valence-electron chi connectivity index (χ0n) is 19.2. The normalized spacial score (nSPS) is 11.1. The molecule has 4 aromatic rings. The van der Waals surface area contributed by atoms with Crippen LogP contribution in [0.15, 0.2) is 84.4 Å². The predicted octanol–water partition coefficient (Wildman–Crippen LogP) is 6.83. The van der Waals surface area contributed by atoms with Crippen LogP contribution in [0.3, 0.4) is 0 Å². The van der Waals surface area contributed by atoms with Crippen molar-refractivity contribution in [1.29, 1.82) is 5.26 Å². The van der Waals surface area contributed by atoms with Gasteiger partial charge in [-0.2, -0.15) is 5.26 Å². The number of nitrogens with one attached hydrogen (secondary N) is 1. The number of nitrogens with zero attached hydrogens (tertiary/aromatic N) is 2. The number of fused-ring (bicyclic) bond motifs is 1. The van der Waals surface area contributed by atoms with E-state index >= 15 is 0 Å². The fraction of sp³-hybridized carbons (Fsp3) is 0.0714. The quantitative estimate of drug-likeness (QED) is 0.130. The first kappa shape index (κ1) is 24.5. The molecule has 36 heavy (non-hydrogen) atoms. The number of nitriles is 1. The van der Waals surface area contributed by atoms with Gasteiger partial charge in [-0.1, -0.05) is 60.1 Å². The summed E-state index contributed by atoms with van der Waals surface area (Å²) in [5.41, 5.74) is 2.34. The van der Waals surface area contributed by atoms with Crippen molar-refractivity contribution in [1.82, 2.24) is 0 Å². The second-order valence-corrected chi connectivity index (χ2v) is 8.41. The van der Waals surface area contributed by atoms with E-state index in [9.17, 15) is 20.2 Å². The maximum Gasteiger partial charge on any atom is 0.269 e. The number of nitro groups is 1. The lowest BCUT2D eigenvalue weighted by Gasteiger charge is -2.13. The number of halogens is 1. The number of benzene rings is 4. The molecule has 0 aromatic heterocycles. The van der Waals surface area contributed by atoms with Gasteiger partial charge in [0.1, 0.15) is 24.0 Å². The molecule has 1 amide bonds. The number of amides is 1. The van der Waals surface area contributed by atoms with Gasteiger partial charge in [0, 0.05) is 28.4 Å². The molecule has 0 saturated carbocycles. The Balaban J connectivity index is 1.69. The van der Waals surface area contributed by atoms with E-state index in [1.807, 2.05) is 43.3 Å². The smallest absolute Gasteiger partial charge is 0.269 e. The van der Waals surface area contributed by atoms with Crippen LogP contribution in [-0.2, 0) is 11.4 Å². The van der Waals surface area contributed by atoms with E-state index in [0.717, 1.165) is 16.3 Å². The highest BCUT2D eigenvalue weighted by Gasteiger charge is 2.15. The fourth-order valence-electron chi connectivity index (χ4n) is 3.63. The molecule has 0 atom stereocenters. The van der Waals surface area contributed by atoms with Crippen molar-refractivity contribution in [2.75, 3.05) is 5.32 Å². The Kier molecular flexibility index (Phi) is 7.28. The molecular formula is C28H20ClN3O4. The van der Waals surface area contributed by atoms with Crippen LogP contribution < -0.4 is 10.1 Å². The number of hydrogen-bond donors (Lipinski definition) is 1. The number of carbonyl (C=O) groups is 1. The van der Waals surface area contributed by atoms with E-state index in [4.69, 9.17) is 16.3 Å². The van der Waals surface area contributed by atoms with Gasteiger partial charge in [0.05, 0.1) is 4.92 Å². The first-order valence-corrected chi connectivity index (χ1v) is 11.3. The average Bonchev–Trinajstić information content (AvgIpc) is 2.88. The third-order valence-corrected chi connectivity index (χ3v) is 5.94. The summed E-state index contributed by atoms with van der Waals surface area (Å²) in [5, 5.41) is 25.8. The number of carbonyl (C=O) groups excluding carboxylic acids is 1. The Morgan fingerprint density at radius 1 is 1.11 bits per heavy atom. The van der Waals surface area contributed by atoms with Gasteiger partial charge in [0.15, 0.2) is 0 Å². The number of hydrogen-bond acceptors (Lipinski definition) is 5. The molecule has 178 valence electrons. The summed E-state index contributed by atoms with van der Waals surface area (Å²) >= 11 is 6.15. The summed E-state index contributed by atoms with van der Waals surface area (Å²) in [6.07, 6.45) is 1.48. The summed E-state index contributed by atoms with van der Waals surface area (Å²) < 4.78 is 6.01. The topological polar surface area (TPSA) is 105 Å². The molecule has 0 heterocycles. The molecule has 0 aliphatic rings. The molecule has 0 fully saturated rings. The Bertz CT molecular complexity index is 1560. The van der Waals surface area contributed by atoms with Crippen LogP contribution >= 0.6 is 11.6 Å². The Morgan fingerprint density at radius 3 is 2.67 bits per heavy atom. The van der Waals surface area contributed by atoms with E-state index in [0.29, 0.717) is 27.6 Å². The monoisotopic (exact) mass is 497 g/mol. The highest BCUT2D eigenvalue weighted by Crippen LogP contribution is 2.31. The molecule has 0 aliphatic heterocycles. The molecule has 8 heteroatoms. The van der Waals surface area contributed by atoms with Gasteiger partial charge in [0.2, 0.25) is 0 Å². The number of nitro benzene ring substituents is 1. The summed E-state index contributed by atoms with van der Waals surface area (Å²) in [5.74, 6) is -0.158. The van der Waals surface area contributed by atoms with Crippen LogP contribution in [-0.4, -0.2) is 10.8 Å². The Hall–Kier alpha value is -4.67. The van der Waals surface area contributed by atoms with Gasteiger partial charge in [0.25, 0.3) is 11.6 Å². The maximum absolute atomic E-state index is 12.9. The van der Waals surface area contributed by atoms with Gasteiger partial charge in [-0.3, -0.25) is 14.9 Å². The van der Waals surface area contributed by atoms with Crippen LogP contribution in [0.4, 0.5) is 11.4 Å². The number of ether oxygens (including phenoxy) is 1. The highest BCUT2D eigenvalue weighted by molar-refractivity contribution is 6.31. The first-order chi connectivity index (χ1) is 17.4. The van der Waals surface area contributed by atoms with Crippen LogP contribution in [0.2, 0.25) is 5.02 Å². The number of rotatable bonds is 7. The van der Waals surface area contributed by atoms with Crippen molar-refractivity contribution in [3.8, 4) is 11.8 Å². The van der Waals surface area contributed by atoms with Crippen LogP contribution in [0.5, 0.6) is 5.75 Å². The van der Waals surface area contributed by atoms with E-state index in [2.05, 4.69) is 5.32 Å². The van der Waals surface area contributed by atoms with E-state index < -0.39 is 10.8 Å². The molecule has 0 saturated heterocycles. The molecule has 0 bridgehead atoms. The third-order valence-electron chi connectivity index (χ3n) is 5.53. The molecule has 7 nitrogen and oxygen atoms in total. The minimum absolute atomic E-state index is 0.0330. The van der Waals surface area contributed by atoms with E-state index in [1.165, 1.54) is 18.2 Å². The SMILES string of the molecule is Cc1ccc(NC(=O)/C(C#N)=C/c2c(OCc3cccc([N+](=O)[O-])c3)ccc3ccccc23)cc1Cl. The molecule has 4 aromatic carbocycles. The van der Waals surface area contributed by atoms with Crippen molar-refractivity contribution in [2.24, 2.45) is 0 Å². The molecule has 1 N–H and O–H groups in total. The summed E-state index contributed by atoms with van der Waals surface area (Å²) in [4.78, 5) is 23.6. The Morgan fingerprint density at radius 2 is 1.92 bits per heavy atom. The average molecular weight is 498 g/mol. The van der Waals surface area contributed by atoms with Gasteiger partial charge >= 0.3 is 0 Å². The van der Waals surface area contributed by atoms with Gasteiger partial charge in [-0.15, -0.1) is 0 Å². The van der Waals surface area contributed by atoms with Crippen molar-refractivity contribution in [3.05, 3.63) is 116 Å². The standard InChI is InChI=1S/C28H20ClN3O4/c1-18-9-11-22(15-26(18)29)31-28(33)21(16-30)14-25-24-8-3-2-6-20(24)10-12-27(25)36-17-19-5-4-7-23(13-19)32(34)35/h2-15H,17H2,1H3,(H,31,33)/b21-14+. The minimum atomic E-state index is -0.588. The predicted molar refractivity (Wildman–Crippen MR) is 140 cm³/mol. The number of aryl methyl sites for hydroxylation is 1. The van der Waals surface area contributed by atoms with Crippen LogP contribution in [0, 0.1) is 28.4 Å². The van der Waals surface area contributed by atoms with Crippen molar-refractivity contribution in [3.63, 3.8) is 0 Å². The molecule has 0 aliphatic carbocycles. The fourth-order valence-corrected chi connectivity index (χ4v) is 3.81. The lowest BCUT2D eigenvalue weighted by atomic mass is 10.0. The minimum Gasteiger partial charge on any atom is -0.488 e. The zero-order chi connectivity index (χ0) is 25.7. The molecule has 0 radical (unpaired) electrons. The van der Waals surface area contributed by atoms with E-state index in [1.54, 1.807) is 36.4 Å². The second kappa shape index (κ2) is 10.7. The lowest BCUT2D eigenvalue weighted by Crippen LogP contribution is -2.13. The molecular weight excluding hydrogens is 478 g/mol. The highest BCUT2D eigenvalue weighted by atomic mass is 35.5. The second-order valence-electron chi connectivity index (χ2n) is 8.00. The van der Waals surface area contributed by atoms with Gasteiger partial charge in [-0.25, -0.2) is 0 Å². The number of non-ortho nitro benzene ring substituents is 1. The van der Waals surface area contributed by atoms with Gasteiger partial charge in [-0.05, 0) is 53.1 Å². The van der Waals surface area contributed by atoms with E-state index in [-0.39, 0.29) is 17.9 Å². The maximum atomic E-state index is 12.9. The van der Waals surface area contributed by atoms with Crippen LogP contribution in [0.1, 0.15) is 16.7 Å².